The van der Waals surface area contributed by atoms with E-state index < -0.39 is 35.9 Å². The molecule has 7 heteroatoms. The number of halogens is 3. The Morgan fingerprint density at radius 3 is 2.33 bits per heavy atom. The molecule has 18 heavy (non-hydrogen) atoms. The first-order valence-corrected chi connectivity index (χ1v) is 5.83. The fourth-order valence-electron chi connectivity index (χ4n) is 2.22. The molecule has 2 N–H and O–H groups in total. The molecule has 1 amide bonds. The normalized spacial score (nSPS) is 26.4. The maximum Gasteiger partial charge on any atom is 0.392 e. The van der Waals surface area contributed by atoms with Crippen molar-refractivity contribution in [1.82, 2.24) is 5.32 Å². The molecule has 0 radical (unpaired) electrons. The van der Waals surface area contributed by atoms with Gasteiger partial charge in [-0.1, -0.05) is 12.8 Å². The summed E-state index contributed by atoms with van der Waals surface area (Å²) in [7, 11) is 0. The summed E-state index contributed by atoms with van der Waals surface area (Å²) in [6.07, 6.45) is -3.31. The molecule has 4 nitrogen and oxygen atoms in total. The number of aliphatic carboxylic acids is 1. The van der Waals surface area contributed by atoms with E-state index in [4.69, 9.17) is 5.11 Å². The average molecular weight is 267 g/mol. The molecule has 0 aromatic carbocycles. The smallest absolute Gasteiger partial charge is 0.392 e. The molecule has 1 aliphatic carbocycles. The van der Waals surface area contributed by atoms with Gasteiger partial charge in [-0.05, 0) is 19.8 Å². The Balaban J connectivity index is 2.72. The summed E-state index contributed by atoms with van der Waals surface area (Å²) in [5.41, 5.74) is 0. The molecular formula is C11H16F3NO3. The summed E-state index contributed by atoms with van der Waals surface area (Å²) < 4.78 is 38.3. The van der Waals surface area contributed by atoms with Gasteiger partial charge in [0.25, 0.3) is 0 Å². The highest BCUT2D eigenvalue weighted by atomic mass is 19.4. The second-order valence-electron chi connectivity index (χ2n) is 4.61. The lowest BCUT2D eigenvalue weighted by Crippen LogP contribution is -2.47. The number of rotatable bonds is 3. The second-order valence-corrected chi connectivity index (χ2v) is 4.61. The highest BCUT2D eigenvalue weighted by molar-refractivity contribution is 5.85. The molecule has 1 saturated carbocycles. The maximum atomic E-state index is 12.8. The molecular weight excluding hydrogens is 251 g/mol. The summed E-state index contributed by atoms with van der Waals surface area (Å²) in [5.74, 6) is -4.90. The van der Waals surface area contributed by atoms with Gasteiger partial charge in [0.2, 0.25) is 5.91 Å². The standard InChI is InChI=1S/C11H16F3NO3/c1-6(10(17)18)15-9(16)7-4-2-3-5-8(7)11(12,13)14/h6-8H,2-5H2,1H3,(H,15,16)(H,17,18). The largest absolute Gasteiger partial charge is 0.480 e. The van der Waals surface area contributed by atoms with Crippen LogP contribution in [0.3, 0.4) is 0 Å². The summed E-state index contributed by atoms with van der Waals surface area (Å²) in [4.78, 5) is 22.3. The van der Waals surface area contributed by atoms with Crippen LogP contribution in [0.1, 0.15) is 32.6 Å². The van der Waals surface area contributed by atoms with Gasteiger partial charge in [0.15, 0.2) is 0 Å². The lowest BCUT2D eigenvalue weighted by atomic mass is 9.78. The fraction of sp³-hybridized carbons (Fsp3) is 0.818. The zero-order valence-electron chi connectivity index (χ0n) is 9.96. The average Bonchev–Trinajstić information content (AvgIpc) is 2.27. The molecule has 1 fully saturated rings. The molecule has 3 unspecified atom stereocenters. The zero-order chi connectivity index (χ0) is 13.9. The highest BCUT2D eigenvalue weighted by Crippen LogP contribution is 2.41. The summed E-state index contributed by atoms with van der Waals surface area (Å²) >= 11 is 0. The van der Waals surface area contributed by atoms with E-state index in [9.17, 15) is 22.8 Å². The van der Waals surface area contributed by atoms with Crippen molar-refractivity contribution in [1.29, 1.82) is 0 Å². The predicted octanol–water partition coefficient (Wildman–Crippen LogP) is 1.94. The minimum atomic E-state index is -4.41. The summed E-state index contributed by atoms with van der Waals surface area (Å²) in [6.45, 7) is 1.23. The van der Waals surface area contributed by atoms with Crippen LogP contribution < -0.4 is 5.32 Å². The Bertz CT molecular complexity index is 330. The third kappa shape index (κ3) is 3.61. The first kappa shape index (κ1) is 14.8. The molecule has 0 saturated heterocycles. The Morgan fingerprint density at radius 2 is 1.83 bits per heavy atom. The summed E-state index contributed by atoms with van der Waals surface area (Å²) in [5, 5.41) is 10.7. The van der Waals surface area contributed by atoms with Crippen LogP contribution in [-0.4, -0.2) is 29.2 Å². The van der Waals surface area contributed by atoms with Gasteiger partial charge in [0.1, 0.15) is 6.04 Å². The van der Waals surface area contributed by atoms with Crippen molar-refractivity contribution in [3.05, 3.63) is 0 Å². The van der Waals surface area contributed by atoms with Crippen LogP contribution >= 0.6 is 0 Å². The van der Waals surface area contributed by atoms with E-state index in [-0.39, 0.29) is 12.8 Å². The minimum Gasteiger partial charge on any atom is -0.480 e. The monoisotopic (exact) mass is 267 g/mol. The zero-order valence-corrected chi connectivity index (χ0v) is 9.96. The quantitative estimate of drug-likeness (QED) is 0.821. The van der Waals surface area contributed by atoms with Crippen molar-refractivity contribution in [2.75, 3.05) is 0 Å². The van der Waals surface area contributed by atoms with E-state index in [2.05, 4.69) is 5.32 Å². The van der Waals surface area contributed by atoms with Crippen molar-refractivity contribution in [2.45, 2.75) is 44.8 Å². The van der Waals surface area contributed by atoms with Crippen LogP contribution in [0, 0.1) is 11.8 Å². The topological polar surface area (TPSA) is 66.4 Å². The Labute approximate surface area is 103 Å². The van der Waals surface area contributed by atoms with Crippen molar-refractivity contribution in [2.24, 2.45) is 11.8 Å². The molecule has 3 atom stereocenters. The number of alkyl halides is 3. The van der Waals surface area contributed by atoms with Gasteiger partial charge in [0, 0.05) is 5.92 Å². The van der Waals surface area contributed by atoms with Crippen molar-refractivity contribution in [3.8, 4) is 0 Å². The van der Waals surface area contributed by atoms with Crippen LogP contribution in [0.2, 0.25) is 0 Å². The van der Waals surface area contributed by atoms with Crippen molar-refractivity contribution >= 4 is 11.9 Å². The van der Waals surface area contributed by atoms with E-state index >= 15 is 0 Å². The Kier molecular flexibility index (Phi) is 4.59. The van der Waals surface area contributed by atoms with E-state index in [1.54, 1.807) is 0 Å². The number of hydrogen-bond acceptors (Lipinski definition) is 2. The molecule has 0 spiro atoms. The van der Waals surface area contributed by atoms with E-state index in [0.717, 1.165) is 0 Å². The van der Waals surface area contributed by atoms with E-state index in [1.807, 2.05) is 0 Å². The van der Waals surface area contributed by atoms with Crippen LogP contribution in [-0.2, 0) is 9.59 Å². The van der Waals surface area contributed by atoms with Gasteiger partial charge < -0.3 is 10.4 Å². The van der Waals surface area contributed by atoms with Crippen LogP contribution in [0.25, 0.3) is 0 Å². The second kappa shape index (κ2) is 5.58. The third-order valence-corrected chi connectivity index (χ3v) is 3.25. The number of carboxylic acids is 1. The molecule has 0 aromatic rings. The molecule has 0 aliphatic heterocycles. The van der Waals surface area contributed by atoms with Crippen LogP contribution in [0.4, 0.5) is 13.2 Å². The lowest BCUT2D eigenvalue weighted by Gasteiger charge is -2.32. The minimum absolute atomic E-state index is 0.0664. The van der Waals surface area contributed by atoms with Crippen LogP contribution in [0.5, 0.6) is 0 Å². The molecule has 0 aromatic heterocycles. The van der Waals surface area contributed by atoms with Crippen molar-refractivity contribution < 1.29 is 27.9 Å². The predicted molar refractivity (Wildman–Crippen MR) is 56.7 cm³/mol. The molecule has 1 rings (SSSR count). The number of amides is 1. The number of carboxylic acid groups (broad SMARTS) is 1. The number of carbonyl (C=O) groups is 2. The lowest BCUT2D eigenvalue weighted by molar-refractivity contribution is -0.198. The van der Waals surface area contributed by atoms with Gasteiger partial charge in [-0.15, -0.1) is 0 Å². The van der Waals surface area contributed by atoms with E-state index in [1.165, 1.54) is 6.92 Å². The number of carbonyl (C=O) groups excluding carboxylic acids is 1. The van der Waals surface area contributed by atoms with Gasteiger partial charge in [-0.3, -0.25) is 9.59 Å². The molecule has 0 heterocycles. The molecule has 0 bridgehead atoms. The Morgan fingerprint density at radius 1 is 1.28 bits per heavy atom. The fourth-order valence-corrected chi connectivity index (χ4v) is 2.22. The van der Waals surface area contributed by atoms with Gasteiger partial charge in [0.05, 0.1) is 5.92 Å². The number of nitrogens with one attached hydrogen (secondary N) is 1. The SMILES string of the molecule is CC(NC(=O)C1CCCCC1C(F)(F)F)C(=O)O. The third-order valence-electron chi connectivity index (χ3n) is 3.25. The van der Waals surface area contributed by atoms with Gasteiger partial charge >= 0.3 is 12.1 Å². The van der Waals surface area contributed by atoms with Gasteiger partial charge in [-0.2, -0.15) is 13.2 Å². The first-order chi connectivity index (χ1) is 8.23. The Hall–Kier alpha value is -1.27. The van der Waals surface area contributed by atoms with Crippen molar-refractivity contribution in [3.63, 3.8) is 0 Å². The molecule has 1 aliphatic rings. The number of hydrogen-bond donors (Lipinski definition) is 2. The van der Waals surface area contributed by atoms with Crippen LogP contribution in [0.15, 0.2) is 0 Å². The van der Waals surface area contributed by atoms with E-state index in [0.29, 0.717) is 12.8 Å². The molecule has 104 valence electrons. The summed E-state index contributed by atoms with van der Waals surface area (Å²) in [6, 6.07) is -1.17. The van der Waals surface area contributed by atoms with Gasteiger partial charge in [-0.25, -0.2) is 0 Å². The first-order valence-electron chi connectivity index (χ1n) is 5.83. The maximum absolute atomic E-state index is 12.8. The highest BCUT2D eigenvalue weighted by Gasteiger charge is 2.48.